The second kappa shape index (κ2) is 5.46. The van der Waals surface area contributed by atoms with E-state index in [2.05, 4.69) is 0 Å². The van der Waals surface area contributed by atoms with Gasteiger partial charge in [0.25, 0.3) is 5.69 Å². The quantitative estimate of drug-likeness (QED) is 0.467. The van der Waals surface area contributed by atoms with Crippen molar-refractivity contribution in [3.8, 4) is 0 Å². The molecule has 0 atom stereocenters. The molecule has 0 radical (unpaired) electrons. The SMILES string of the molecule is CS(=O)(=O)CCSc1ccc(F)cc1[N+](=O)[O-]. The number of thioether (sulfide) groups is 1. The van der Waals surface area contributed by atoms with Gasteiger partial charge in [-0.05, 0) is 12.1 Å². The molecule has 0 fully saturated rings. The predicted octanol–water partition coefficient (Wildman–Crippen LogP) is 1.87. The van der Waals surface area contributed by atoms with E-state index in [9.17, 15) is 22.9 Å². The standard InChI is InChI=1S/C9H10FNO4S2/c1-17(14,15)5-4-16-9-3-2-7(10)6-8(9)11(12)13/h2-3,6H,4-5H2,1H3. The van der Waals surface area contributed by atoms with E-state index < -0.39 is 20.6 Å². The number of benzene rings is 1. The molecular weight excluding hydrogens is 269 g/mol. The Hall–Kier alpha value is -1.15. The van der Waals surface area contributed by atoms with Crippen molar-refractivity contribution in [3.05, 3.63) is 34.1 Å². The van der Waals surface area contributed by atoms with Crippen molar-refractivity contribution in [1.29, 1.82) is 0 Å². The lowest BCUT2D eigenvalue weighted by Crippen LogP contribution is -2.05. The van der Waals surface area contributed by atoms with Crippen LogP contribution in [-0.4, -0.2) is 31.1 Å². The molecule has 5 nitrogen and oxygen atoms in total. The molecular formula is C9H10FNO4S2. The molecule has 0 aliphatic carbocycles. The molecule has 0 amide bonds. The van der Waals surface area contributed by atoms with Gasteiger partial charge in [0, 0.05) is 12.0 Å². The van der Waals surface area contributed by atoms with E-state index in [0.717, 1.165) is 30.2 Å². The maximum atomic E-state index is 12.8. The third-order valence-corrected chi connectivity index (χ3v) is 4.10. The Labute approximate surface area is 102 Å². The molecule has 1 aromatic rings. The molecule has 17 heavy (non-hydrogen) atoms. The van der Waals surface area contributed by atoms with E-state index in [4.69, 9.17) is 0 Å². The van der Waals surface area contributed by atoms with Crippen molar-refractivity contribution in [2.24, 2.45) is 0 Å². The Balaban J connectivity index is 2.81. The van der Waals surface area contributed by atoms with Gasteiger partial charge in [0.15, 0.2) is 0 Å². The summed E-state index contributed by atoms with van der Waals surface area (Å²) in [6.07, 6.45) is 1.09. The zero-order valence-electron chi connectivity index (χ0n) is 8.92. The average molecular weight is 279 g/mol. The summed E-state index contributed by atoms with van der Waals surface area (Å²) in [5.41, 5.74) is -0.344. The first-order valence-electron chi connectivity index (χ1n) is 4.54. The molecule has 1 aromatic carbocycles. The van der Waals surface area contributed by atoms with Gasteiger partial charge in [-0.3, -0.25) is 10.1 Å². The molecule has 0 aliphatic heterocycles. The minimum Gasteiger partial charge on any atom is -0.258 e. The van der Waals surface area contributed by atoms with Gasteiger partial charge in [0.2, 0.25) is 0 Å². The lowest BCUT2D eigenvalue weighted by molar-refractivity contribution is -0.387. The zero-order valence-corrected chi connectivity index (χ0v) is 10.6. The third-order valence-electron chi connectivity index (χ3n) is 1.83. The molecule has 94 valence electrons. The Bertz CT molecular complexity index is 530. The Kier molecular flexibility index (Phi) is 4.47. The largest absolute Gasteiger partial charge is 0.285 e. The highest BCUT2D eigenvalue weighted by Gasteiger charge is 2.15. The van der Waals surface area contributed by atoms with Gasteiger partial charge < -0.3 is 0 Å². The van der Waals surface area contributed by atoms with Crippen LogP contribution in [0.3, 0.4) is 0 Å². The van der Waals surface area contributed by atoms with E-state index in [-0.39, 0.29) is 22.1 Å². The molecule has 0 aromatic heterocycles. The molecule has 0 saturated carbocycles. The number of hydrogen-bond acceptors (Lipinski definition) is 5. The van der Waals surface area contributed by atoms with Crippen LogP contribution in [0.1, 0.15) is 0 Å². The van der Waals surface area contributed by atoms with Crippen LogP contribution in [-0.2, 0) is 9.84 Å². The number of rotatable bonds is 5. The Morgan fingerprint density at radius 3 is 2.65 bits per heavy atom. The number of nitrogens with zero attached hydrogens (tertiary/aromatic N) is 1. The summed E-state index contributed by atoms with van der Waals surface area (Å²) < 4.78 is 34.6. The van der Waals surface area contributed by atoms with Crippen LogP contribution >= 0.6 is 11.8 Å². The monoisotopic (exact) mass is 279 g/mol. The first-order chi connectivity index (χ1) is 7.79. The maximum absolute atomic E-state index is 12.8. The van der Waals surface area contributed by atoms with Crippen LogP contribution in [0.4, 0.5) is 10.1 Å². The number of sulfone groups is 1. The molecule has 0 N–H and O–H groups in total. The highest BCUT2D eigenvalue weighted by molar-refractivity contribution is 8.00. The van der Waals surface area contributed by atoms with Crippen LogP contribution in [0.25, 0.3) is 0 Å². The van der Waals surface area contributed by atoms with Crippen molar-refractivity contribution in [2.45, 2.75) is 4.90 Å². The maximum Gasteiger partial charge on any atom is 0.285 e. The van der Waals surface area contributed by atoms with Crippen LogP contribution in [0.5, 0.6) is 0 Å². The van der Waals surface area contributed by atoms with Gasteiger partial charge in [-0.25, -0.2) is 12.8 Å². The lowest BCUT2D eigenvalue weighted by Gasteiger charge is -2.02. The van der Waals surface area contributed by atoms with Crippen LogP contribution in [0.2, 0.25) is 0 Å². The van der Waals surface area contributed by atoms with Crippen molar-refractivity contribution >= 4 is 27.3 Å². The smallest absolute Gasteiger partial charge is 0.258 e. The van der Waals surface area contributed by atoms with E-state index in [1.165, 1.54) is 6.07 Å². The summed E-state index contributed by atoms with van der Waals surface area (Å²) in [5, 5.41) is 10.6. The van der Waals surface area contributed by atoms with E-state index >= 15 is 0 Å². The fraction of sp³-hybridized carbons (Fsp3) is 0.333. The van der Waals surface area contributed by atoms with Gasteiger partial charge in [0.05, 0.1) is 21.6 Å². The van der Waals surface area contributed by atoms with Crippen molar-refractivity contribution in [3.63, 3.8) is 0 Å². The number of nitro groups is 1. The van der Waals surface area contributed by atoms with Crippen molar-refractivity contribution < 1.29 is 17.7 Å². The first-order valence-corrected chi connectivity index (χ1v) is 7.58. The predicted molar refractivity (Wildman–Crippen MR) is 63.5 cm³/mol. The second-order valence-corrected chi connectivity index (χ2v) is 6.74. The second-order valence-electron chi connectivity index (χ2n) is 3.35. The van der Waals surface area contributed by atoms with Gasteiger partial charge >= 0.3 is 0 Å². The summed E-state index contributed by atoms with van der Waals surface area (Å²) in [6.45, 7) is 0. The average Bonchev–Trinajstić information content (AvgIpc) is 2.18. The Morgan fingerprint density at radius 2 is 2.12 bits per heavy atom. The highest BCUT2D eigenvalue weighted by atomic mass is 32.2. The van der Waals surface area contributed by atoms with E-state index in [1.807, 2.05) is 0 Å². The molecule has 1 rings (SSSR count). The normalized spacial score (nSPS) is 11.4. The van der Waals surface area contributed by atoms with Crippen LogP contribution in [0, 0.1) is 15.9 Å². The number of halogens is 1. The fourth-order valence-electron chi connectivity index (χ4n) is 1.06. The highest BCUT2D eigenvalue weighted by Crippen LogP contribution is 2.29. The van der Waals surface area contributed by atoms with Crippen molar-refractivity contribution in [1.82, 2.24) is 0 Å². The first kappa shape index (κ1) is 13.9. The molecule has 0 aliphatic rings. The lowest BCUT2D eigenvalue weighted by atomic mass is 10.3. The zero-order chi connectivity index (χ0) is 13.1. The molecule has 8 heteroatoms. The van der Waals surface area contributed by atoms with E-state index in [0.29, 0.717) is 0 Å². The molecule has 0 unspecified atom stereocenters. The number of hydrogen-bond donors (Lipinski definition) is 0. The molecule has 0 bridgehead atoms. The summed E-state index contributed by atoms with van der Waals surface area (Å²) in [4.78, 5) is 10.2. The van der Waals surface area contributed by atoms with Crippen molar-refractivity contribution in [2.75, 3.05) is 17.8 Å². The van der Waals surface area contributed by atoms with Crippen LogP contribution in [0.15, 0.2) is 23.1 Å². The molecule has 0 spiro atoms. The molecule has 0 saturated heterocycles. The minimum absolute atomic E-state index is 0.0772. The third kappa shape index (κ3) is 4.70. The fourth-order valence-corrected chi connectivity index (χ4v) is 3.27. The summed E-state index contributed by atoms with van der Waals surface area (Å²) in [7, 11) is -3.10. The summed E-state index contributed by atoms with van der Waals surface area (Å²) >= 11 is 1.02. The summed E-state index contributed by atoms with van der Waals surface area (Å²) in [5.74, 6) is -0.568. The minimum atomic E-state index is -3.10. The number of nitro benzene ring substituents is 1. The van der Waals surface area contributed by atoms with Gasteiger partial charge in [-0.1, -0.05) is 0 Å². The van der Waals surface area contributed by atoms with Gasteiger partial charge in [0.1, 0.15) is 15.7 Å². The summed E-state index contributed by atoms with van der Waals surface area (Å²) in [6, 6.07) is 3.21. The van der Waals surface area contributed by atoms with E-state index in [1.54, 1.807) is 0 Å². The van der Waals surface area contributed by atoms with Gasteiger partial charge in [-0.15, -0.1) is 11.8 Å². The molecule has 0 heterocycles. The van der Waals surface area contributed by atoms with Gasteiger partial charge in [-0.2, -0.15) is 0 Å². The Morgan fingerprint density at radius 1 is 1.47 bits per heavy atom. The van der Waals surface area contributed by atoms with Crippen LogP contribution < -0.4 is 0 Å². The topological polar surface area (TPSA) is 77.3 Å².